The van der Waals surface area contributed by atoms with Crippen molar-refractivity contribution >= 4 is 0 Å². The van der Waals surface area contributed by atoms with Crippen molar-refractivity contribution in [1.82, 2.24) is 0 Å². The summed E-state index contributed by atoms with van der Waals surface area (Å²) in [4.78, 5) is 0. The summed E-state index contributed by atoms with van der Waals surface area (Å²) in [5.74, 6) is 1.71. The molecule has 2 aromatic rings. The van der Waals surface area contributed by atoms with Crippen LogP contribution in [0.3, 0.4) is 0 Å². The Morgan fingerprint density at radius 1 is 0.850 bits per heavy atom. The van der Waals surface area contributed by atoms with Crippen LogP contribution in [0.25, 0.3) is 0 Å². The molecule has 0 saturated heterocycles. The summed E-state index contributed by atoms with van der Waals surface area (Å²) in [5.41, 5.74) is 9.17. The first-order valence-corrected chi connectivity index (χ1v) is 6.81. The molecular formula is C17H21NO2. The number of rotatable bonds is 6. The minimum absolute atomic E-state index is 0.515. The van der Waals surface area contributed by atoms with Crippen molar-refractivity contribution < 1.29 is 9.47 Å². The Morgan fingerprint density at radius 2 is 1.55 bits per heavy atom. The fourth-order valence-corrected chi connectivity index (χ4v) is 1.88. The van der Waals surface area contributed by atoms with E-state index in [0.29, 0.717) is 19.8 Å². The maximum atomic E-state index is 5.67. The van der Waals surface area contributed by atoms with Gasteiger partial charge in [-0.25, -0.2) is 0 Å². The lowest BCUT2D eigenvalue weighted by atomic mass is 10.1. The summed E-state index contributed by atoms with van der Waals surface area (Å²) in [6.07, 6.45) is 0. The first-order valence-electron chi connectivity index (χ1n) is 6.81. The van der Waals surface area contributed by atoms with Crippen molar-refractivity contribution in [2.24, 2.45) is 5.73 Å². The van der Waals surface area contributed by atoms with E-state index >= 15 is 0 Å². The smallest absolute Gasteiger partial charge is 0.122 e. The molecule has 0 unspecified atom stereocenters. The molecule has 2 rings (SSSR count). The highest BCUT2D eigenvalue weighted by atomic mass is 16.5. The molecular weight excluding hydrogens is 250 g/mol. The van der Waals surface area contributed by atoms with Crippen molar-refractivity contribution in [3.8, 4) is 11.5 Å². The van der Waals surface area contributed by atoms with Crippen LogP contribution in [-0.2, 0) is 6.54 Å². The fraction of sp³-hybridized carbons (Fsp3) is 0.294. The average molecular weight is 271 g/mol. The zero-order chi connectivity index (χ0) is 14.4. The summed E-state index contributed by atoms with van der Waals surface area (Å²) < 4.78 is 11.3. The Balaban J connectivity index is 1.79. The lowest BCUT2D eigenvalue weighted by Gasteiger charge is -2.10. The lowest BCUT2D eigenvalue weighted by molar-refractivity contribution is 0.217. The molecule has 0 saturated carbocycles. The second-order valence-electron chi connectivity index (χ2n) is 4.79. The quantitative estimate of drug-likeness (QED) is 0.820. The number of aryl methyl sites for hydroxylation is 2. The Bertz CT molecular complexity index is 567. The van der Waals surface area contributed by atoms with Crippen molar-refractivity contribution in [2.75, 3.05) is 13.2 Å². The predicted octanol–water partition coefficient (Wildman–Crippen LogP) is 3.22. The number of ether oxygens (including phenoxy) is 2. The van der Waals surface area contributed by atoms with Gasteiger partial charge in [-0.3, -0.25) is 0 Å². The lowest BCUT2D eigenvalue weighted by Crippen LogP contribution is -2.09. The molecule has 0 fully saturated rings. The predicted molar refractivity (Wildman–Crippen MR) is 81.2 cm³/mol. The molecule has 0 aliphatic rings. The molecule has 0 bridgehead atoms. The van der Waals surface area contributed by atoms with E-state index in [1.54, 1.807) is 0 Å². The number of hydrogen-bond donors (Lipinski definition) is 1. The third kappa shape index (κ3) is 4.00. The molecule has 2 N–H and O–H groups in total. The second-order valence-corrected chi connectivity index (χ2v) is 4.79. The minimum atomic E-state index is 0.515. The number of benzene rings is 2. The molecule has 0 aromatic heterocycles. The van der Waals surface area contributed by atoms with Gasteiger partial charge in [0.25, 0.3) is 0 Å². The van der Waals surface area contributed by atoms with Gasteiger partial charge in [-0.2, -0.15) is 0 Å². The topological polar surface area (TPSA) is 44.5 Å². The molecule has 0 amide bonds. The van der Waals surface area contributed by atoms with Gasteiger partial charge in [0, 0.05) is 6.54 Å². The molecule has 0 atom stereocenters. The molecule has 2 aromatic carbocycles. The van der Waals surface area contributed by atoms with Crippen LogP contribution < -0.4 is 15.2 Å². The van der Waals surface area contributed by atoms with Crippen LogP contribution >= 0.6 is 0 Å². The standard InChI is InChI=1S/C17H21NO2/c1-13-6-7-17(10-14(13)2)20-9-8-19-16-5-3-4-15(11-16)12-18/h3-7,10-11H,8-9,12,18H2,1-2H3. The molecule has 0 spiro atoms. The van der Waals surface area contributed by atoms with E-state index in [9.17, 15) is 0 Å². The van der Waals surface area contributed by atoms with E-state index in [1.165, 1.54) is 11.1 Å². The fourth-order valence-electron chi connectivity index (χ4n) is 1.88. The monoisotopic (exact) mass is 271 g/mol. The van der Waals surface area contributed by atoms with E-state index in [-0.39, 0.29) is 0 Å². The number of nitrogens with two attached hydrogens (primary N) is 1. The van der Waals surface area contributed by atoms with Gasteiger partial charge < -0.3 is 15.2 Å². The van der Waals surface area contributed by atoms with Crippen molar-refractivity contribution in [3.63, 3.8) is 0 Å². The molecule has 0 radical (unpaired) electrons. The summed E-state index contributed by atoms with van der Waals surface area (Å²) in [7, 11) is 0. The Hall–Kier alpha value is -2.00. The largest absolute Gasteiger partial charge is 0.490 e. The first-order chi connectivity index (χ1) is 9.69. The molecule has 0 aliphatic heterocycles. The van der Waals surface area contributed by atoms with Gasteiger partial charge in [0.15, 0.2) is 0 Å². The molecule has 0 aliphatic carbocycles. The van der Waals surface area contributed by atoms with E-state index in [1.807, 2.05) is 36.4 Å². The normalized spacial score (nSPS) is 10.3. The van der Waals surface area contributed by atoms with Gasteiger partial charge in [0.2, 0.25) is 0 Å². The SMILES string of the molecule is Cc1ccc(OCCOc2cccc(CN)c2)cc1C. The van der Waals surface area contributed by atoms with Crippen molar-refractivity contribution in [1.29, 1.82) is 0 Å². The molecule has 3 nitrogen and oxygen atoms in total. The van der Waals surface area contributed by atoms with E-state index < -0.39 is 0 Å². The van der Waals surface area contributed by atoms with Crippen LogP contribution in [0.1, 0.15) is 16.7 Å². The highest BCUT2D eigenvalue weighted by molar-refractivity contribution is 5.33. The maximum Gasteiger partial charge on any atom is 0.122 e. The van der Waals surface area contributed by atoms with Crippen LogP contribution in [0, 0.1) is 13.8 Å². The Morgan fingerprint density at radius 3 is 2.20 bits per heavy atom. The second kappa shape index (κ2) is 6.96. The van der Waals surface area contributed by atoms with Crippen LogP contribution in [0.5, 0.6) is 11.5 Å². The van der Waals surface area contributed by atoms with E-state index in [2.05, 4.69) is 19.9 Å². The molecule has 20 heavy (non-hydrogen) atoms. The zero-order valence-electron chi connectivity index (χ0n) is 12.1. The third-order valence-corrected chi connectivity index (χ3v) is 3.23. The summed E-state index contributed by atoms with van der Waals surface area (Å²) in [6, 6.07) is 13.9. The molecule has 0 heterocycles. The third-order valence-electron chi connectivity index (χ3n) is 3.23. The highest BCUT2D eigenvalue weighted by Gasteiger charge is 1.99. The average Bonchev–Trinajstić information content (AvgIpc) is 2.47. The van der Waals surface area contributed by atoms with Gasteiger partial charge in [-0.1, -0.05) is 18.2 Å². The summed E-state index contributed by atoms with van der Waals surface area (Å²) >= 11 is 0. The highest BCUT2D eigenvalue weighted by Crippen LogP contribution is 2.17. The van der Waals surface area contributed by atoms with Crippen LogP contribution in [0.4, 0.5) is 0 Å². The Labute approximate surface area is 120 Å². The summed E-state index contributed by atoms with van der Waals surface area (Å²) in [6.45, 7) is 5.73. The number of hydrogen-bond acceptors (Lipinski definition) is 3. The van der Waals surface area contributed by atoms with Gasteiger partial charge in [0.1, 0.15) is 24.7 Å². The maximum absolute atomic E-state index is 5.67. The van der Waals surface area contributed by atoms with Gasteiger partial charge in [-0.15, -0.1) is 0 Å². The van der Waals surface area contributed by atoms with Gasteiger partial charge in [-0.05, 0) is 54.8 Å². The first kappa shape index (κ1) is 14.4. The van der Waals surface area contributed by atoms with E-state index in [4.69, 9.17) is 15.2 Å². The van der Waals surface area contributed by atoms with Crippen molar-refractivity contribution in [3.05, 3.63) is 59.2 Å². The van der Waals surface area contributed by atoms with Crippen LogP contribution in [0.15, 0.2) is 42.5 Å². The van der Waals surface area contributed by atoms with E-state index in [0.717, 1.165) is 17.1 Å². The van der Waals surface area contributed by atoms with Gasteiger partial charge in [0.05, 0.1) is 0 Å². The summed E-state index contributed by atoms with van der Waals surface area (Å²) in [5, 5.41) is 0. The van der Waals surface area contributed by atoms with Gasteiger partial charge >= 0.3 is 0 Å². The Kier molecular flexibility index (Phi) is 5.02. The van der Waals surface area contributed by atoms with Crippen molar-refractivity contribution in [2.45, 2.75) is 20.4 Å². The molecule has 3 heteroatoms. The molecule has 106 valence electrons. The van der Waals surface area contributed by atoms with Crippen LogP contribution in [0.2, 0.25) is 0 Å². The minimum Gasteiger partial charge on any atom is -0.490 e. The zero-order valence-corrected chi connectivity index (χ0v) is 12.1. The van der Waals surface area contributed by atoms with Crippen LogP contribution in [-0.4, -0.2) is 13.2 Å².